The fourth-order valence-electron chi connectivity index (χ4n) is 9.70. The molecule has 0 spiro atoms. The van der Waals surface area contributed by atoms with Gasteiger partial charge in [0.1, 0.15) is 5.75 Å². The molecule has 2 fully saturated rings. The number of nitrogens with one attached hydrogen (secondary N) is 2. The first-order chi connectivity index (χ1) is 26.8. The highest BCUT2D eigenvalue weighted by Crippen LogP contribution is 2.41. The van der Waals surface area contributed by atoms with Gasteiger partial charge in [0.2, 0.25) is 0 Å². The number of fused-ring (bicyclic) bond motifs is 2. The molecule has 0 amide bonds. The highest BCUT2D eigenvalue weighted by atomic mass is 16.5. The summed E-state index contributed by atoms with van der Waals surface area (Å²) in [5.41, 5.74) is 8.32. The van der Waals surface area contributed by atoms with Crippen LogP contribution in [0.3, 0.4) is 0 Å². The van der Waals surface area contributed by atoms with Gasteiger partial charge in [-0.25, -0.2) is 0 Å². The van der Waals surface area contributed by atoms with Gasteiger partial charge in [0.25, 0.3) is 0 Å². The SMILES string of the molecule is CCCCCC1CCC(COc2c(C)cc(Nc3cccc4c3C(=O)c3cccc(Nc5ccc(C6CCC(CCCC)CC6)cc5)c3C4=O)cc2C)CC1. The van der Waals surface area contributed by atoms with Crippen LogP contribution in [0.2, 0.25) is 0 Å². The maximum Gasteiger partial charge on any atom is 0.196 e. The van der Waals surface area contributed by atoms with Crippen LogP contribution in [0.25, 0.3) is 0 Å². The van der Waals surface area contributed by atoms with Gasteiger partial charge in [0, 0.05) is 22.5 Å². The number of hydrogen-bond acceptors (Lipinski definition) is 5. The number of ketones is 2. The molecule has 4 aromatic rings. The Hall–Kier alpha value is -4.38. The van der Waals surface area contributed by atoms with Crippen LogP contribution in [0.1, 0.15) is 165 Å². The predicted octanol–water partition coefficient (Wildman–Crippen LogP) is 13.8. The first kappa shape index (κ1) is 38.9. The molecule has 0 heterocycles. The molecule has 0 aliphatic heterocycles. The molecule has 4 aromatic carbocycles. The van der Waals surface area contributed by atoms with Gasteiger partial charge in [-0.2, -0.15) is 0 Å². The van der Waals surface area contributed by atoms with E-state index in [9.17, 15) is 9.59 Å². The summed E-state index contributed by atoms with van der Waals surface area (Å²) < 4.78 is 6.48. The van der Waals surface area contributed by atoms with Crippen LogP contribution in [-0.2, 0) is 0 Å². The van der Waals surface area contributed by atoms with E-state index in [1.165, 1.54) is 102 Å². The van der Waals surface area contributed by atoms with Crippen LogP contribution in [0, 0.1) is 31.6 Å². The van der Waals surface area contributed by atoms with Gasteiger partial charge in [-0.15, -0.1) is 0 Å². The molecule has 3 aliphatic rings. The predicted molar refractivity (Wildman–Crippen MR) is 228 cm³/mol. The van der Waals surface area contributed by atoms with Gasteiger partial charge in [-0.3, -0.25) is 9.59 Å². The largest absolute Gasteiger partial charge is 0.493 e. The van der Waals surface area contributed by atoms with E-state index >= 15 is 0 Å². The average molecular weight is 739 g/mol. The van der Waals surface area contributed by atoms with E-state index in [0.717, 1.165) is 46.7 Å². The van der Waals surface area contributed by atoms with Crippen molar-refractivity contribution in [2.45, 2.75) is 130 Å². The first-order valence-corrected chi connectivity index (χ1v) is 21.6. The molecular weight excluding hydrogens is 677 g/mol. The molecule has 55 heavy (non-hydrogen) atoms. The lowest BCUT2D eigenvalue weighted by Gasteiger charge is -2.29. The third kappa shape index (κ3) is 9.03. The molecular formula is C50H62N2O3. The van der Waals surface area contributed by atoms with E-state index in [0.29, 0.717) is 45.5 Å². The fourth-order valence-corrected chi connectivity index (χ4v) is 9.70. The zero-order valence-electron chi connectivity index (χ0n) is 33.8. The molecule has 2 N–H and O–H groups in total. The molecule has 0 aromatic heterocycles. The summed E-state index contributed by atoms with van der Waals surface area (Å²) in [6, 6.07) is 23.9. The average Bonchev–Trinajstić information content (AvgIpc) is 3.20. The number of unbranched alkanes of at least 4 members (excludes halogenated alkanes) is 3. The second-order valence-corrected chi connectivity index (χ2v) is 17.0. The van der Waals surface area contributed by atoms with Crippen molar-refractivity contribution in [2.24, 2.45) is 17.8 Å². The summed E-state index contributed by atoms with van der Waals surface area (Å²) in [4.78, 5) is 28.5. The number of anilines is 4. The number of ether oxygens (including phenoxy) is 1. The maximum atomic E-state index is 14.2. The third-order valence-corrected chi connectivity index (χ3v) is 12.9. The second-order valence-electron chi connectivity index (χ2n) is 17.0. The van der Waals surface area contributed by atoms with E-state index in [-0.39, 0.29) is 11.6 Å². The van der Waals surface area contributed by atoms with Crippen molar-refractivity contribution in [1.82, 2.24) is 0 Å². The summed E-state index contributed by atoms with van der Waals surface area (Å²) in [6.45, 7) is 9.51. The quantitative estimate of drug-likeness (QED) is 0.105. The van der Waals surface area contributed by atoms with E-state index in [4.69, 9.17) is 4.74 Å². The van der Waals surface area contributed by atoms with Crippen LogP contribution < -0.4 is 15.4 Å². The monoisotopic (exact) mass is 738 g/mol. The minimum Gasteiger partial charge on any atom is -0.493 e. The number of carbonyl (C=O) groups excluding carboxylic acids is 2. The third-order valence-electron chi connectivity index (χ3n) is 12.9. The van der Waals surface area contributed by atoms with Crippen molar-refractivity contribution in [3.05, 3.63) is 112 Å². The molecule has 3 aliphatic carbocycles. The van der Waals surface area contributed by atoms with Crippen molar-refractivity contribution >= 4 is 34.3 Å². The summed E-state index contributed by atoms with van der Waals surface area (Å²) >= 11 is 0. The lowest BCUT2D eigenvalue weighted by molar-refractivity contribution is 0.0980. The Morgan fingerprint density at radius 2 is 1.09 bits per heavy atom. The lowest BCUT2D eigenvalue weighted by Crippen LogP contribution is -2.23. The topological polar surface area (TPSA) is 67.4 Å². The maximum absolute atomic E-state index is 14.2. The minimum absolute atomic E-state index is 0.140. The highest BCUT2D eigenvalue weighted by Gasteiger charge is 2.34. The number of hydrogen-bond donors (Lipinski definition) is 2. The second kappa shape index (κ2) is 18.0. The van der Waals surface area contributed by atoms with Gasteiger partial charge in [0.15, 0.2) is 11.6 Å². The number of carbonyl (C=O) groups is 2. The summed E-state index contributed by atoms with van der Waals surface area (Å²) in [5.74, 6) is 3.69. The van der Waals surface area contributed by atoms with E-state index in [1.54, 1.807) is 12.1 Å². The molecule has 7 rings (SSSR count). The van der Waals surface area contributed by atoms with Crippen LogP contribution in [0.4, 0.5) is 22.7 Å². The molecule has 5 heteroatoms. The zero-order chi connectivity index (χ0) is 38.3. The molecule has 0 saturated heterocycles. The smallest absolute Gasteiger partial charge is 0.196 e. The van der Waals surface area contributed by atoms with Gasteiger partial charge in [-0.1, -0.05) is 108 Å². The van der Waals surface area contributed by atoms with Crippen molar-refractivity contribution in [3.63, 3.8) is 0 Å². The van der Waals surface area contributed by atoms with Gasteiger partial charge in [0.05, 0.1) is 29.1 Å². The van der Waals surface area contributed by atoms with Crippen LogP contribution in [-0.4, -0.2) is 18.2 Å². The summed E-state index contributed by atoms with van der Waals surface area (Å²) in [5, 5.41) is 7.00. The van der Waals surface area contributed by atoms with E-state index in [2.05, 4.69) is 74.7 Å². The van der Waals surface area contributed by atoms with E-state index < -0.39 is 0 Å². The Morgan fingerprint density at radius 3 is 1.65 bits per heavy atom. The first-order valence-electron chi connectivity index (χ1n) is 21.6. The fraction of sp³-hybridized carbons (Fsp3) is 0.480. The molecule has 290 valence electrons. The Balaban J connectivity index is 1.01. The van der Waals surface area contributed by atoms with Crippen molar-refractivity contribution in [2.75, 3.05) is 17.2 Å². The van der Waals surface area contributed by atoms with Crippen molar-refractivity contribution in [3.8, 4) is 5.75 Å². The zero-order valence-corrected chi connectivity index (χ0v) is 33.8. The van der Waals surface area contributed by atoms with Crippen molar-refractivity contribution < 1.29 is 14.3 Å². The van der Waals surface area contributed by atoms with Gasteiger partial charge < -0.3 is 15.4 Å². The molecule has 0 bridgehead atoms. The van der Waals surface area contributed by atoms with Crippen LogP contribution in [0.15, 0.2) is 72.8 Å². The number of benzene rings is 4. The lowest BCUT2D eigenvalue weighted by atomic mass is 9.77. The molecule has 2 saturated carbocycles. The Morgan fingerprint density at radius 1 is 0.582 bits per heavy atom. The van der Waals surface area contributed by atoms with Crippen molar-refractivity contribution in [1.29, 1.82) is 0 Å². The van der Waals surface area contributed by atoms with Crippen LogP contribution in [0.5, 0.6) is 5.75 Å². The summed E-state index contributed by atoms with van der Waals surface area (Å²) in [7, 11) is 0. The molecule has 5 nitrogen and oxygen atoms in total. The standard InChI is InChI=1S/C50H62N2O3/c1-5-7-9-13-36-18-20-37(21-19-36)32-55-50-33(3)30-41(31-34(50)4)52-45-17-11-15-43-47(45)49(54)42-14-10-16-44(46(42)48(43)53)51-40-28-26-39(27-29-40)38-24-22-35(23-25-38)12-8-6-2/h10-11,14-17,26-31,35-38,51-52H,5-9,12-13,18-25,32H2,1-4H3. The Bertz CT molecular complexity index is 1920. The Kier molecular flexibility index (Phi) is 12.8. The highest BCUT2D eigenvalue weighted by molar-refractivity contribution is 6.32. The minimum atomic E-state index is -0.144. The molecule has 0 atom stereocenters. The number of rotatable bonds is 15. The van der Waals surface area contributed by atoms with Gasteiger partial charge >= 0.3 is 0 Å². The molecule has 0 unspecified atom stereocenters. The van der Waals surface area contributed by atoms with Crippen LogP contribution >= 0.6 is 0 Å². The van der Waals surface area contributed by atoms with E-state index in [1.807, 2.05) is 24.3 Å². The normalized spacial score (nSPS) is 20.8. The molecule has 0 radical (unpaired) electrons. The number of aryl methyl sites for hydroxylation is 2. The summed E-state index contributed by atoms with van der Waals surface area (Å²) in [6.07, 6.45) is 19.8. The van der Waals surface area contributed by atoms with Gasteiger partial charge in [-0.05, 0) is 129 Å². The Labute approximate surface area is 330 Å².